The van der Waals surface area contributed by atoms with Gasteiger partial charge < -0.3 is 0 Å². The van der Waals surface area contributed by atoms with Crippen molar-refractivity contribution in [3.63, 3.8) is 0 Å². The lowest BCUT2D eigenvalue weighted by atomic mass is 9.87. The summed E-state index contributed by atoms with van der Waals surface area (Å²) in [6.45, 7) is 2.30. The summed E-state index contributed by atoms with van der Waals surface area (Å²) in [7, 11) is 0. The van der Waals surface area contributed by atoms with Gasteiger partial charge in [-0.15, -0.1) is 0 Å². The van der Waals surface area contributed by atoms with Crippen LogP contribution in [-0.2, 0) is 0 Å². The van der Waals surface area contributed by atoms with E-state index in [1.165, 1.54) is 29.1 Å². The summed E-state index contributed by atoms with van der Waals surface area (Å²) in [6.07, 6.45) is 5.39. The van der Waals surface area contributed by atoms with Crippen LogP contribution in [0.3, 0.4) is 0 Å². The van der Waals surface area contributed by atoms with Crippen LogP contribution in [0, 0.1) is 5.92 Å². The minimum absolute atomic E-state index is 0.780. The Morgan fingerprint density at radius 1 is 1.40 bits per heavy atom. The van der Waals surface area contributed by atoms with Crippen LogP contribution in [0.1, 0.15) is 32.6 Å². The van der Waals surface area contributed by atoms with Crippen molar-refractivity contribution in [1.82, 2.24) is 0 Å². The first kappa shape index (κ1) is 8.79. The molecule has 0 bridgehead atoms. The smallest absolute Gasteiger partial charge is 0.0587 e. The van der Waals surface area contributed by atoms with E-state index < -0.39 is 0 Å². The fraction of sp³-hybridized carbons (Fsp3) is 0.750. The van der Waals surface area contributed by atoms with Gasteiger partial charge in [-0.2, -0.15) is 0 Å². The average Bonchev–Trinajstić information content (AvgIpc) is 1.88. The van der Waals surface area contributed by atoms with E-state index in [1.54, 1.807) is 5.57 Å². The number of hydrogen-bond donors (Lipinski definition) is 0. The van der Waals surface area contributed by atoms with E-state index in [2.05, 4.69) is 38.8 Å². The molecule has 58 valence electrons. The molecule has 0 radical (unpaired) electrons. The summed E-state index contributed by atoms with van der Waals surface area (Å²) in [4.78, 5) is 0. The van der Waals surface area contributed by atoms with Crippen LogP contribution in [-0.4, -0.2) is 0 Å². The predicted octanol–water partition coefficient (Wildman–Crippen LogP) is 4.20. The molecule has 1 aliphatic rings. The first-order chi connectivity index (χ1) is 4.72. The maximum Gasteiger partial charge on any atom is 0.0598 e. The molecule has 2 heteroatoms. The van der Waals surface area contributed by atoms with Gasteiger partial charge in [-0.3, -0.25) is 0 Å². The highest BCUT2D eigenvalue weighted by molar-refractivity contribution is 9.28. The average molecular weight is 268 g/mol. The Balaban J connectivity index is 2.65. The van der Waals surface area contributed by atoms with Crippen LogP contribution in [0.5, 0.6) is 0 Å². The third-order valence-corrected chi connectivity index (χ3v) is 3.19. The predicted molar refractivity (Wildman–Crippen MR) is 52.5 cm³/mol. The van der Waals surface area contributed by atoms with Crippen LogP contribution in [0.25, 0.3) is 0 Å². The summed E-state index contributed by atoms with van der Waals surface area (Å²) >= 11 is 6.95. The van der Waals surface area contributed by atoms with Crippen molar-refractivity contribution in [2.75, 3.05) is 0 Å². The molecule has 1 atom stereocenters. The second-order valence-electron chi connectivity index (χ2n) is 2.93. The number of rotatable bonds is 0. The lowest BCUT2D eigenvalue weighted by Crippen LogP contribution is -2.05. The quantitative estimate of drug-likeness (QED) is 0.617. The summed E-state index contributed by atoms with van der Waals surface area (Å²) < 4.78 is 1.19. The largest absolute Gasteiger partial charge is 0.0598 e. The standard InChI is InChI=1S/C8H12Br2/c1-6-4-2-3-5-7(6)8(9)10/h6H,2-5H2,1H3. The number of halogens is 2. The molecule has 0 saturated heterocycles. The van der Waals surface area contributed by atoms with Crippen molar-refractivity contribution in [2.45, 2.75) is 32.6 Å². The highest BCUT2D eigenvalue weighted by atomic mass is 79.9. The molecular weight excluding hydrogens is 256 g/mol. The van der Waals surface area contributed by atoms with Crippen molar-refractivity contribution in [2.24, 2.45) is 5.92 Å². The molecule has 1 rings (SSSR count). The number of allylic oxidation sites excluding steroid dienone is 1. The zero-order valence-electron chi connectivity index (χ0n) is 6.16. The first-order valence-electron chi connectivity index (χ1n) is 3.76. The Labute approximate surface area is 79.3 Å². The van der Waals surface area contributed by atoms with Gasteiger partial charge in [0.25, 0.3) is 0 Å². The lowest BCUT2D eigenvalue weighted by molar-refractivity contribution is 0.484. The van der Waals surface area contributed by atoms with Crippen molar-refractivity contribution in [1.29, 1.82) is 0 Å². The monoisotopic (exact) mass is 266 g/mol. The van der Waals surface area contributed by atoms with Gasteiger partial charge in [0.1, 0.15) is 0 Å². The van der Waals surface area contributed by atoms with E-state index in [-0.39, 0.29) is 0 Å². The van der Waals surface area contributed by atoms with Gasteiger partial charge >= 0.3 is 0 Å². The molecule has 0 aromatic rings. The van der Waals surface area contributed by atoms with E-state index in [1.807, 2.05) is 0 Å². The van der Waals surface area contributed by atoms with E-state index in [0.717, 1.165) is 5.92 Å². The van der Waals surface area contributed by atoms with E-state index in [0.29, 0.717) is 0 Å². The van der Waals surface area contributed by atoms with Crippen LogP contribution in [0.4, 0.5) is 0 Å². The van der Waals surface area contributed by atoms with Crippen molar-refractivity contribution in [3.05, 3.63) is 8.96 Å². The SMILES string of the molecule is CC1CCCCC1=C(Br)Br. The van der Waals surface area contributed by atoms with Gasteiger partial charge in [-0.25, -0.2) is 0 Å². The molecule has 0 aliphatic heterocycles. The van der Waals surface area contributed by atoms with Crippen LogP contribution >= 0.6 is 31.9 Å². The molecule has 0 amide bonds. The van der Waals surface area contributed by atoms with Crippen molar-refractivity contribution >= 4 is 31.9 Å². The van der Waals surface area contributed by atoms with E-state index >= 15 is 0 Å². The molecule has 1 fully saturated rings. The Morgan fingerprint density at radius 2 is 2.10 bits per heavy atom. The minimum Gasteiger partial charge on any atom is -0.0587 e. The van der Waals surface area contributed by atoms with Gasteiger partial charge in [-0.1, -0.05) is 13.3 Å². The van der Waals surface area contributed by atoms with E-state index in [4.69, 9.17) is 0 Å². The Kier molecular flexibility index (Phi) is 3.44. The van der Waals surface area contributed by atoms with Crippen LogP contribution in [0.2, 0.25) is 0 Å². The third kappa shape index (κ3) is 2.09. The zero-order valence-corrected chi connectivity index (χ0v) is 9.33. The summed E-state index contributed by atoms with van der Waals surface area (Å²) in [5.41, 5.74) is 1.56. The molecule has 0 spiro atoms. The molecule has 1 aliphatic carbocycles. The molecule has 10 heavy (non-hydrogen) atoms. The Hall–Kier alpha value is 0.700. The van der Waals surface area contributed by atoms with Crippen LogP contribution < -0.4 is 0 Å². The fourth-order valence-corrected chi connectivity index (χ4v) is 2.65. The normalized spacial score (nSPS) is 26.7. The molecule has 0 nitrogen and oxygen atoms in total. The van der Waals surface area contributed by atoms with Gasteiger partial charge in [-0.05, 0) is 62.6 Å². The molecule has 0 N–H and O–H groups in total. The lowest BCUT2D eigenvalue weighted by Gasteiger charge is -2.21. The third-order valence-electron chi connectivity index (χ3n) is 2.17. The fourth-order valence-electron chi connectivity index (χ4n) is 1.47. The number of hydrogen-bond acceptors (Lipinski definition) is 0. The molecular formula is C8H12Br2. The van der Waals surface area contributed by atoms with Crippen molar-refractivity contribution in [3.8, 4) is 0 Å². The van der Waals surface area contributed by atoms with Gasteiger partial charge in [0.15, 0.2) is 0 Å². The van der Waals surface area contributed by atoms with Gasteiger partial charge in [0.2, 0.25) is 0 Å². The Morgan fingerprint density at radius 3 is 2.50 bits per heavy atom. The summed E-state index contributed by atoms with van der Waals surface area (Å²) in [5, 5.41) is 0. The second kappa shape index (κ2) is 3.91. The second-order valence-corrected chi connectivity index (χ2v) is 5.58. The minimum atomic E-state index is 0.780. The molecule has 1 unspecified atom stereocenters. The van der Waals surface area contributed by atoms with Gasteiger partial charge in [0.05, 0.1) is 3.39 Å². The first-order valence-corrected chi connectivity index (χ1v) is 5.34. The molecule has 0 aromatic carbocycles. The maximum atomic E-state index is 3.47. The summed E-state index contributed by atoms with van der Waals surface area (Å²) in [5.74, 6) is 0.780. The van der Waals surface area contributed by atoms with Crippen LogP contribution in [0.15, 0.2) is 8.96 Å². The molecule has 0 heterocycles. The Bertz CT molecular complexity index is 145. The van der Waals surface area contributed by atoms with Crippen molar-refractivity contribution < 1.29 is 0 Å². The highest BCUT2D eigenvalue weighted by Gasteiger charge is 2.15. The molecule has 1 saturated carbocycles. The zero-order chi connectivity index (χ0) is 7.56. The topological polar surface area (TPSA) is 0 Å². The molecule has 0 aromatic heterocycles. The van der Waals surface area contributed by atoms with Gasteiger partial charge in [0, 0.05) is 0 Å². The maximum absolute atomic E-state index is 3.47. The highest BCUT2D eigenvalue weighted by Crippen LogP contribution is 2.35. The van der Waals surface area contributed by atoms with E-state index in [9.17, 15) is 0 Å². The summed E-state index contributed by atoms with van der Waals surface area (Å²) in [6, 6.07) is 0.